The molecule has 1 atom stereocenters. The predicted octanol–water partition coefficient (Wildman–Crippen LogP) is 4.21. The summed E-state index contributed by atoms with van der Waals surface area (Å²) in [6.45, 7) is 6.80. The number of hydrogen-bond donors (Lipinski definition) is 1. The maximum atomic E-state index is 13.0. The first kappa shape index (κ1) is 24.2. The maximum Gasteiger partial charge on any atom is 0.228 e. The van der Waals surface area contributed by atoms with Crippen molar-refractivity contribution in [2.45, 2.75) is 76.9 Å². The van der Waals surface area contributed by atoms with E-state index in [0.717, 1.165) is 38.9 Å². The van der Waals surface area contributed by atoms with E-state index < -0.39 is 5.60 Å². The molecule has 1 aliphatic carbocycles. The van der Waals surface area contributed by atoms with Crippen LogP contribution in [-0.4, -0.2) is 59.1 Å². The zero-order valence-electron chi connectivity index (χ0n) is 18.4. The van der Waals surface area contributed by atoms with Gasteiger partial charge in [0.05, 0.1) is 11.5 Å². The lowest BCUT2D eigenvalue weighted by Gasteiger charge is -2.43. The van der Waals surface area contributed by atoms with Crippen molar-refractivity contribution in [3.05, 3.63) is 35.4 Å². The first-order valence-corrected chi connectivity index (χ1v) is 11.2. The number of likely N-dealkylation sites (tertiary alicyclic amines) is 1. The summed E-state index contributed by atoms with van der Waals surface area (Å²) < 4.78 is 0. The van der Waals surface area contributed by atoms with E-state index in [1.165, 1.54) is 30.4 Å². The second kappa shape index (κ2) is 10.8. The van der Waals surface area contributed by atoms with Gasteiger partial charge in [-0.3, -0.25) is 4.79 Å². The molecule has 1 aliphatic heterocycles. The molecule has 1 saturated heterocycles. The minimum absolute atomic E-state index is 0. The Morgan fingerprint density at radius 2 is 1.76 bits per heavy atom. The molecule has 1 saturated carbocycles. The van der Waals surface area contributed by atoms with Crippen LogP contribution in [0, 0.1) is 12.8 Å². The zero-order chi connectivity index (χ0) is 20.1. The second-order valence-electron chi connectivity index (χ2n) is 9.14. The van der Waals surface area contributed by atoms with E-state index in [-0.39, 0.29) is 24.2 Å². The third-order valence-electron chi connectivity index (χ3n) is 7.21. The number of amides is 1. The van der Waals surface area contributed by atoms with Gasteiger partial charge in [0, 0.05) is 32.7 Å². The number of piperidine rings is 1. The molecule has 1 N–H and O–H groups in total. The molecule has 0 bridgehead atoms. The van der Waals surface area contributed by atoms with Crippen LogP contribution in [0.2, 0.25) is 0 Å². The minimum atomic E-state index is -0.861. The van der Waals surface area contributed by atoms with E-state index in [1.807, 2.05) is 18.9 Å². The average molecular weight is 423 g/mol. The smallest absolute Gasteiger partial charge is 0.228 e. The lowest BCUT2D eigenvalue weighted by atomic mass is 9.79. The maximum absolute atomic E-state index is 13.0. The molecule has 0 aromatic heterocycles. The van der Waals surface area contributed by atoms with Gasteiger partial charge in [0.2, 0.25) is 5.91 Å². The van der Waals surface area contributed by atoms with E-state index in [0.29, 0.717) is 18.9 Å². The number of carbonyl (C=O) groups is 1. The monoisotopic (exact) mass is 422 g/mol. The lowest BCUT2D eigenvalue weighted by Crippen LogP contribution is -2.54. The first-order valence-electron chi connectivity index (χ1n) is 11.2. The Labute approximate surface area is 183 Å². The van der Waals surface area contributed by atoms with Gasteiger partial charge in [-0.2, -0.15) is 0 Å². The van der Waals surface area contributed by atoms with Crippen LogP contribution < -0.4 is 0 Å². The number of rotatable bonds is 6. The Balaban J connectivity index is 0.00000300. The van der Waals surface area contributed by atoms with Crippen molar-refractivity contribution in [2.24, 2.45) is 5.92 Å². The summed E-state index contributed by atoms with van der Waals surface area (Å²) >= 11 is 0. The molecular formula is C24H39ClN2O2. The van der Waals surface area contributed by atoms with E-state index in [1.54, 1.807) is 0 Å². The normalized spacial score (nSPS) is 21.2. The van der Waals surface area contributed by atoms with Gasteiger partial charge in [-0.1, -0.05) is 56.0 Å². The Morgan fingerprint density at radius 3 is 2.34 bits per heavy atom. The van der Waals surface area contributed by atoms with Crippen molar-refractivity contribution in [3.8, 4) is 0 Å². The van der Waals surface area contributed by atoms with Gasteiger partial charge in [0.15, 0.2) is 0 Å². The van der Waals surface area contributed by atoms with Crippen molar-refractivity contribution in [2.75, 3.05) is 26.7 Å². The summed E-state index contributed by atoms with van der Waals surface area (Å²) in [6.07, 6.45) is 8.36. The summed E-state index contributed by atoms with van der Waals surface area (Å²) in [5.41, 5.74) is 1.80. The number of aryl methyl sites for hydroxylation is 1. The predicted molar refractivity (Wildman–Crippen MR) is 122 cm³/mol. The highest BCUT2D eigenvalue weighted by Crippen LogP contribution is 2.32. The molecule has 1 aromatic rings. The van der Waals surface area contributed by atoms with Crippen molar-refractivity contribution in [1.29, 1.82) is 0 Å². The summed E-state index contributed by atoms with van der Waals surface area (Å²) in [5.74, 6) is -0.193. The number of halogens is 1. The molecule has 164 valence electrons. The largest absolute Gasteiger partial charge is 0.389 e. The quantitative estimate of drug-likeness (QED) is 0.746. The Bertz CT molecular complexity index is 635. The summed E-state index contributed by atoms with van der Waals surface area (Å²) in [7, 11) is 1.94. The van der Waals surface area contributed by atoms with Crippen LogP contribution in [0.3, 0.4) is 0 Å². The van der Waals surface area contributed by atoms with Crippen molar-refractivity contribution in [3.63, 3.8) is 0 Å². The van der Waals surface area contributed by atoms with Gasteiger partial charge < -0.3 is 14.9 Å². The molecule has 0 radical (unpaired) electrons. The van der Waals surface area contributed by atoms with Gasteiger partial charge in [-0.15, -0.1) is 12.4 Å². The van der Waals surface area contributed by atoms with Gasteiger partial charge >= 0.3 is 0 Å². The van der Waals surface area contributed by atoms with Gasteiger partial charge in [-0.25, -0.2) is 0 Å². The summed E-state index contributed by atoms with van der Waals surface area (Å²) in [5, 5.41) is 11.2. The molecule has 4 nitrogen and oxygen atoms in total. The molecule has 2 fully saturated rings. The molecule has 0 spiro atoms. The fraction of sp³-hybridized carbons (Fsp3) is 0.708. The standard InChI is InChI=1S/C24H38N2O2.ClH/c1-19-9-11-21(12-10-19)13-16-26-17-14-24(28,15-18-26)20(2)23(27)25(3)22-7-5-4-6-8-22;/h9-12,20,22,28H,4-8,13-18H2,1-3H3;1H. The second-order valence-corrected chi connectivity index (χ2v) is 9.14. The topological polar surface area (TPSA) is 43.8 Å². The molecule has 2 aliphatic rings. The van der Waals surface area contributed by atoms with Crippen LogP contribution in [0.5, 0.6) is 0 Å². The molecule has 1 heterocycles. The minimum Gasteiger partial charge on any atom is -0.389 e. The third-order valence-corrected chi connectivity index (χ3v) is 7.21. The zero-order valence-corrected chi connectivity index (χ0v) is 19.2. The molecule has 1 aromatic carbocycles. The first-order chi connectivity index (χ1) is 13.4. The highest BCUT2D eigenvalue weighted by Gasteiger charge is 2.42. The Kier molecular flexibility index (Phi) is 8.99. The van der Waals surface area contributed by atoms with E-state index >= 15 is 0 Å². The Hall–Kier alpha value is -1.10. The van der Waals surface area contributed by atoms with Gasteiger partial charge in [0.25, 0.3) is 0 Å². The Morgan fingerprint density at radius 1 is 1.17 bits per heavy atom. The fourth-order valence-electron chi connectivity index (χ4n) is 4.82. The molecular weight excluding hydrogens is 384 g/mol. The van der Waals surface area contributed by atoms with Crippen LogP contribution in [0.4, 0.5) is 0 Å². The van der Waals surface area contributed by atoms with Crippen molar-refractivity contribution < 1.29 is 9.90 Å². The fourth-order valence-corrected chi connectivity index (χ4v) is 4.82. The van der Waals surface area contributed by atoms with Crippen molar-refractivity contribution in [1.82, 2.24) is 9.80 Å². The van der Waals surface area contributed by atoms with Crippen LogP contribution in [0.1, 0.15) is 63.0 Å². The number of nitrogens with zero attached hydrogens (tertiary/aromatic N) is 2. The van der Waals surface area contributed by atoms with Crippen molar-refractivity contribution >= 4 is 18.3 Å². The van der Waals surface area contributed by atoms with Crippen LogP contribution >= 0.6 is 12.4 Å². The molecule has 29 heavy (non-hydrogen) atoms. The van der Waals surface area contributed by atoms with Gasteiger partial charge in [0.1, 0.15) is 0 Å². The number of benzene rings is 1. The number of carbonyl (C=O) groups excluding carboxylic acids is 1. The molecule has 1 amide bonds. The van der Waals surface area contributed by atoms with Crippen LogP contribution in [-0.2, 0) is 11.2 Å². The third kappa shape index (κ3) is 6.19. The van der Waals surface area contributed by atoms with E-state index in [9.17, 15) is 9.90 Å². The number of aliphatic hydroxyl groups is 1. The molecule has 1 unspecified atom stereocenters. The highest BCUT2D eigenvalue weighted by molar-refractivity contribution is 5.85. The molecule has 3 rings (SSSR count). The van der Waals surface area contributed by atoms with Crippen LogP contribution in [0.15, 0.2) is 24.3 Å². The van der Waals surface area contributed by atoms with Gasteiger partial charge in [-0.05, 0) is 44.6 Å². The average Bonchev–Trinajstić information content (AvgIpc) is 2.73. The summed E-state index contributed by atoms with van der Waals surface area (Å²) in [4.78, 5) is 17.4. The molecule has 5 heteroatoms. The lowest BCUT2D eigenvalue weighted by molar-refractivity contribution is -0.149. The highest BCUT2D eigenvalue weighted by atomic mass is 35.5. The SMILES string of the molecule is Cc1ccc(CCN2CCC(O)(C(C)C(=O)N(C)C3CCCCC3)CC2)cc1.Cl. The van der Waals surface area contributed by atoms with E-state index in [2.05, 4.69) is 36.1 Å². The number of hydrogen-bond acceptors (Lipinski definition) is 3. The summed E-state index contributed by atoms with van der Waals surface area (Å²) in [6, 6.07) is 9.11. The van der Waals surface area contributed by atoms with Crippen LogP contribution in [0.25, 0.3) is 0 Å². The van der Waals surface area contributed by atoms with E-state index in [4.69, 9.17) is 0 Å².